The van der Waals surface area contributed by atoms with Gasteiger partial charge in [-0.2, -0.15) is 0 Å². The van der Waals surface area contributed by atoms with Gasteiger partial charge >= 0.3 is 0 Å². The van der Waals surface area contributed by atoms with Crippen molar-refractivity contribution >= 4 is 5.69 Å². The quantitative estimate of drug-likeness (QED) is 0.479. The van der Waals surface area contributed by atoms with Crippen LogP contribution in [0.2, 0.25) is 0 Å². The second kappa shape index (κ2) is 5.89. The lowest BCUT2D eigenvalue weighted by Gasteiger charge is -2.11. The molecule has 0 aliphatic heterocycles. The Bertz CT molecular complexity index is 432. The second-order valence-electron chi connectivity index (χ2n) is 3.35. The van der Waals surface area contributed by atoms with Crippen LogP contribution in [-0.2, 0) is 0 Å². The summed E-state index contributed by atoms with van der Waals surface area (Å²) in [5.41, 5.74) is 0.831. The summed E-state index contributed by atoms with van der Waals surface area (Å²) in [4.78, 5) is 10.4. The van der Waals surface area contributed by atoms with Crippen molar-refractivity contribution in [3.63, 3.8) is 0 Å². The molecule has 0 bridgehead atoms. The third-order valence-corrected chi connectivity index (χ3v) is 2.27. The molecular weight excluding hydrogens is 204 g/mol. The molecule has 0 radical (unpaired) electrons. The van der Waals surface area contributed by atoms with Crippen LogP contribution in [0.3, 0.4) is 0 Å². The largest absolute Gasteiger partial charge is 0.299 e. The maximum atomic E-state index is 10.8. The van der Waals surface area contributed by atoms with Crippen molar-refractivity contribution in [2.45, 2.75) is 19.9 Å². The van der Waals surface area contributed by atoms with Crippen molar-refractivity contribution < 1.29 is 4.92 Å². The number of nitro benzene ring substituents is 1. The van der Waals surface area contributed by atoms with Crippen LogP contribution in [-0.4, -0.2) is 11.5 Å². The van der Waals surface area contributed by atoms with Crippen LogP contribution >= 0.6 is 0 Å². The van der Waals surface area contributed by atoms with Crippen molar-refractivity contribution in [2.24, 2.45) is 0 Å². The predicted octanol–water partition coefficient (Wildman–Crippen LogP) is 2.27. The SMILES string of the molecule is CC#CCNC(C)c1ccccc1[N+](=O)[O-]. The van der Waals surface area contributed by atoms with Gasteiger partial charge in [0.1, 0.15) is 0 Å². The highest BCUT2D eigenvalue weighted by Gasteiger charge is 2.16. The highest BCUT2D eigenvalue weighted by molar-refractivity contribution is 5.41. The molecule has 1 aromatic rings. The number of benzene rings is 1. The predicted molar refractivity (Wildman–Crippen MR) is 63.0 cm³/mol. The Morgan fingerprint density at radius 3 is 2.81 bits per heavy atom. The van der Waals surface area contributed by atoms with Crippen molar-refractivity contribution in [1.82, 2.24) is 5.32 Å². The lowest BCUT2D eigenvalue weighted by atomic mass is 10.1. The third-order valence-electron chi connectivity index (χ3n) is 2.27. The van der Waals surface area contributed by atoms with Gasteiger partial charge in [-0.25, -0.2) is 0 Å². The Morgan fingerprint density at radius 2 is 2.19 bits per heavy atom. The Balaban J connectivity index is 2.84. The minimum absolute atomic E-state index is 0.0811. The minimum Gasteiger partial charge on any atom is -0.299 e. The molecule has 16 heavy (non-hydrogen) atoms. The molecule has 0 heterocycles. The molecule has 0 aromatic heterocycles. The van der Waals surface area contributed by atoms with Crippen LogP contribution < -0.4 is 5.32 Å². The molecule has 4 heteroatoms. The van der Waals surface area contributed by atoms with E-state index in [1.807, 2.05) is 6.92 Å². The molecule has 1 atom stereocenters. The standard InChI is InChI=1S/C12H14N2O2/c1-3-4-9-13-10(2)11-7-5-6-8-12(11)14(15)16/h5-8,10,13H,9H2,1-2H3. The summed E-state index contributed by atoms with van der Waals surface area (Å²) >= 11 is 0. The zero-order valence-corrected chi connectivity index (χ0v) is 9.36. The summed E-state index contributed by atoms with van der Waals surface area (Å²) in [6.07, 6.45) is 0. The summed E-state index contributed by atoms with van der Waals surface area (Å²) in [6.45, 7) is 4.18. The summed E-state index contributed by atoms with van der Waals surface area (Å²) in [6, 6.07) is 6.66. The average molecular weight is 218 g/mol. The van der Waals surface area contributed by atoms with Crippen molar-refractivity contribution in [1.29, 1.82) is 0 Å². The van der Waals surface area contributed by atoms with Crippen LogP contribution in [0.4, 0.5) is 5.69 Å². The molecular formula is C12H14N2O2. The number of hydrogen-bond donors (Lipinski definition) is 1. The van der Waals surface area contributed by atoms with Gasteiger partial charge in [-0.05, 0) is 13.8 Å². The molecule has 0 fully saturated rings. The Labute approximate surface area is 94.8 Å². The van der Waals surface area contributed by atoms with Crippen LogP contribution in [0.1, 0.15) is 25.5 Å². The van der Waals surface area contributed by atoms with E-state index in [2.05, 4.69) is 17.2 Å². The van der Waals surface area contributed by atoms with Gasteiger partial charge in [-0.15, -0.1) is 5.92 Å². The average Bonchev–Trinajstić information content (AvgIpc) is 2.29. The second-order valence-corrected chi connectivity index (χ2v) is 3.35. The molecule has 0 amide bonds. The van der Waals surface area contributed by atoms with E-state index < -0.39 is 0 Å². The topological polar surface area (TPSA) is 55.2 Å². The fraction of sp³-hybridized carbons (Fsp3) is 0.333. The van der Waals surface area contributed by atoms with Gasteiger partial charge in [0.05, 0.1) is 11.5 Å². The Kier molecular flexibility index (Phi) is 4.49. The highest BCUT2D eigenvalue weighted by atomic mass is 16.6. The van der Waals surface area contributed by atoms with Gasteiger partial charge in [0.2, 0.25) is 0 Å². The zero-order valence-electron chi connectivity index (χ0n) is 9.36. The van der Waals surface area contributed by atoms with Gasteiger partial charge < -0.3 is 0 Å². The molecule has 0 saturated carbocycles. The molecule has 1 rings (SSSR count). The normalized spacial score (nSPS) is 11.4. The van der Waals surface area contributed by atoms with Crippen LogP contribution in [0.15, 0.2) is 24.3 Å². The number of rotatable bonds is 4. The lowest BCUT2D eigenvalue weighted by Crippen LogP contribution is -2.19. The number of nitro groups is 1. The van der Waals surface area contributed by atoms with E-state index in [1.165, 1.54) is 6.07 Å². The fourth-order valence-electron chi connectivity index (χ4n) is 1.42. The highest BCUT2D eigenvalue weighted by Crippen LogP contribution is 2.23. The zero-order chi connectivity index (χ0) is 12.0. The molecule has 84 valence electrons. The van der Waals surface area contributed by atoms with E-state index in [9.17, 15) is 10.1 Å². The maximum Gasteiger partial charge on any atom is 0.274 e. The molecule has 1 aromatic carbocycles. The Hall–Kier alpha value is -1.86. The van der Waals surface area contributed by atoms with Gasteiger partial charge in [0.25, 0.3) is 5.69 Å². The van der Waals surface area contributed by atoms with E-state index in [-0.39, 0.29) is 16.7 Å². The summed E-state index contributed by atoms with van der Waals surface area (Å²) < 4.78 is 0. The van der Waals surface area contributed by atoms with E-state index in [0.29, 0.717) is 12.1 Å². The van der Waals surface area contributed by atoms with Crippen LogP contribution in [0, 0.1) is 22.0 Å². The first-order valence-corrected chi connectivity index (χ1v) is 5.03. The first-order chi connectivity index (χ1) is 7.66. The van der Waals surface area contributed by atoms with Crippen molar-refractivity contribution in [2.75, 3.05) is 6.54 Å². The number of nitrogens with one attached hydrogen (secondary N) is 1. The van der Waals surface area contributed by atoms with Crippen molar-refractivity contribution in [3.05, 3.63) is 39.9 Å². The summed E-state index contributed by atoms with van der Waals surface area (Å²) in [5.74, 6) is 5.63. The Morgan fingerprint density at radius 1 is 1.50 bits per heavy atom. The lowest BCUT2D eigenvalue weighted by molar-refractivity contribution is -0.385. The van der Waals surface area contributed by atoms with Crippen LogP contribution in [0.25, 0.3) is 0 Å². The molecule has 0 spiro atoms. The summed E-state index contributed by atoms with van der Waals surface area (Å²) in [7, 11) is 0. The van der Waals surface area contributed by atoms with E-state index in [0.717, 1.165) is 0 Å². The van der Waals surface area contributed by atoms with Crippen molar-refractivity contribution in [3.8, 4) is 11.8 Å². The van der Waals surface area contributed by atoms with E-state index in [1.54, 1.807) is 25.1 Å². The van der Waals surface area contributed by atoms with Gasteiger partial charge in [-0.1, -0.05) is 24.1 Å². The maximum absolute atomic E-state index is 10.8. The third kappa shape index (κ3) is 3.07. The molecule has 1 N–H and O–H groups in total. The number of para-hydroxylation sites is 1. The molecule has 0 aliphatic carbocycles. The first kappa shape index (κ1) is 12.2. The molecule has 1 unspecified atom stereocenters. The molecule has 0 saturated heterocycles. The van der Waals surface area contributed by atoms with Gasteiger partial charge in [0, 0.05) is 17.7 Å². The number of nitrogens with zero attached hydrogens (tertiary/aromatic N) is 1. The van der Waals surface area contributed by atoms with Gasteiger partial charge in [0.15, 0.2) is 0 Å². The number of hydrogen-bond acceptors (Lipinski definition) is 3. The van der Waals surface area contributed by atoms with E-state index >= 15 is 0 Å². The molecule has 0 aliphatic rings. The smallest absolute Gasteiger partial charge is 0.274 e. The van der Waals surface area contributed by atoms with Gasteiger partial charge in [-0.3, -0.25) is 15.4 Å². The minimum atomic E-state index is -0.362. The summed E-state index contributed by atoms with van der Waals surface area (Å²) in [5, 5.41) is 13.9. The monoisotopic (exact) mass is 218 g/mol. The molecule has 4 nitrogen and oxygen atoms in total. The fourth-order valence-corrected chi connectivity index (χ4v) is 1.42. The first-order valence-electron chi connectivity index (χ1n) is 5.03. The van der Waals surface area contributed by atoms with Crippen LogP contribution in [0.5, 0.6) is 0 Å². The van der Waals surface area contributed by atoms with E-state index in [4.69, 9.17) is 0 Å².